The highest BCUT2D eigenvalue weighted by atomic mass is 16.3. The number of carbonyl (C=O) groups excluding carboxylic acids is 1. The summed E-state index contributed by atoms with van der Waals surface area (Å²) in [5, 5.41) is 0. The van der Waals surface area contributed by atoms with Gasteiger partial charge in [0.2, 0.25) is 0 Å². The Hall–Kier alpha value is -2.29. The van der Waals surface area contributed by atoms with Crippen molar-refractivity contribution in [1.29, 1.82) is 0 Å². The van der Waals surface area contributed by atoms with Crippen LogP contribution in [0.15, 0.2) is 47.1 Å². The van der Waals surface area contributed by atoms with E-state index in [0.717, 1.165) is 11.3 Å². The Morgan fingerprint density at radius 3 is 2.78 bits per heavy atom. The predicted molar refractivity (Wildman–Crippen MR) is 71.0 cm³/mol. The first-order valence-corrected chi connectivity index (χ1v) is 5.97. The zero-order chi connectivity index (χ0) is 12.5. The summed E-state index contributed by atoms with van der Waals surface area (Å²) in [4.78, 5) is 14.1. The van der Waals surface area contributed by atoms with Gasteiger partial charge in [-0.25, -0.2) is 0 Å². The number of fused-ring (bicyclic) bond motifs is 1. The first kappa shape index (κ1) is 10.8. The van der Waals surface area contributed by atoms with Crippen LogP contribution in [0.1, 0.15) is 18.2 Å². The zero-order valence-corrected chi connectivity index (χ0v) is 10.1. The maximum atomic E-state index is 12.3. The normalized spacial score (nSPS) is 16.4. The molecule has 0 fully saturated rings. The zero-order valence-electron chi connectivity index (χ0n) is 10.1. The number of hydrogen-bond acceptors (Lipinski definition) is 2. The first-order chi connectivity index (χ1) is 8.81. The molecule has 2 aromatic rings. The Bertz CT molecular complexity index is 611. The SMILES string of the molecule is CCN1C(=O)/C(=C\c2ccco2)c2ccccc21. The fourth-order valence-corrected chi connectivity index (χ4v) is 2.28. The average molecular weight is 239 g/mol. The van der Waals surface area contributed by atoms with Crippen LogP contribution in [-0.2, 0) is 4.79 Å². The van der Waals surface area contributed by atoms with Crippen LogP contribution in [0.5, 0.6) is 0 Å². The maximum absolute atomic E-state index is 12.3. The van der Waals surface area contributed by atoms with Gasteiger partial charge in [0.15, 0.2) is 0 Å². The second-order valence-electron chi connectivity index (χ2n) is 4.14. The lowest BCUT2D eigenvalue weighted by Crippen LogP contribution is -2.25. The predicted octanol–water partition coefficient (Wildman–Crippen LogP) is 3.19. The molecule has 1 aromatic carbocycles. The lowest BCUT2D eigenvalue weighted by molar-refractivity contribution is -0.112. The molecular formula is C15H13NO2. The van der Waals surface area contributed by atoms with Gasteiger partial charge in [0, 0.05) is 12.1 Å². The monoisotopic (exact) mass is 239 g/mol. The van der Waals surface area contributed by atoms with E-state index in [4.69, 9.17) is 4.42 Å². The van der Waals surface area contributed by atoms with Crippen molar-refractivity contribution in [3.05, 3.63) is 54.0 Å². The molecule has 0 bridgehead atoms. The Morgan fingerprint density at radius 1 is 1.22 bits per heavy atom. The van der Waals surface area contributed by atoms with Crippen molar-refractivity contribution in [2.24, 2.45) is 0 Å². The molecule has 0 spiro atoms. The third kappa shape index (κ3) is 1.56. The largest absolute Gasteiger partial charge is 0.465 e. The van der Waals surface area contributed by atoms with Crippen LogP contribution in [-0.4, -0.2) is 12.5 Å². The molecule has 1 aliphatic rings. The van der Waals surface area contributed by atoms with Gasteiger partial charge in [-0.2, -0.15) is 0 Å². The molecule has 0 unspecified atom stereocenters. The van der Waals surface area contributed by atoms with Gasteiger partial charge in [-0.15, -0.1) is 0 Å². The van der Waals surface area contributed by atoms with Gasteiger partial charge in [-0.05, 0) is 31.2 Å². The van der Waals surface area contributed by atoms with Gasteiger partial charge in [0.25, 0.3) is 5.91 Å². The van der Waals surface area contributed by atoms with Crippen molar-refractivity contribution in [3.8, 4) is 0 Å². The lowest BCUT2D eigenvalue weighted by atomic mass is 10.1. The molecule has 1 aromatic heterocycles. The summed E-state index contributed by atoms with van der Waals surface area (Å²) in [7, 11) is 0. The van der Waals surface area contributed by atoms with E-state index in [1.807, 2.05) is 43.3 Å². The second kappa shape index (κ2) is 4.18. The third-order valence-electron chi connectivity index (χ3n) is 3.11. The fourth-order valence-electron chi connectivity index (χ4n) is 2.28. The molecule has 0 N–H and O–H groups in total. The van der Waals surface area contributed by atoms with E-state index in [1.54, 1.807) is 17.2 Å². The molecule has 0 atom stereocenters. The van der Waals surface area contributed by atoms with Crippen molar-refractivity contribution < 1.29 is 9.21 Å². The molecule has 0 aliphatic carbocycles. The molecule has 0 saturated carbocycles. The van der Waals surface area contributed by atoms with E-state index in [1.165, 1.54) is 0 Å². The molecule has 18 heavy (non-hydrogen) atoms. The quantitative estimate of drug-likeness (QED) is 0.754. The van der Waals surface area contributed by atoms with Crippen molar-refractivity contribution in [3.63, 3.8) is 0 Å². The summed E-state index contributed by atoms with van der Waals surface area (Å²) in [5.74, 6) is 0.737. The summed E-state index contributed by atoms with van der Waals surface area (Å²) in [6.45, 7) is 2.65. The van der Waals surface area contributed by atoms with E-state index in [-0.39, 0.29) is 5.91 Å². The summed E-state index contributed by atoms with van der Waals surface area (Å²) in [6.07, 6.45) is 3.41. The minimum absolute atomic E-state index is 0.0371. The molecule has 1 aliphatic heterocycles. The van der Waals surface area contributed by atoms with Crippen molar-refractivity contribution in [2.45, 2.75) is 6.92 Å². The van der Waals surface area contributed by atoms with Crippen molar-refractivity contribution in [2.75, 3.05) is 11.4 Å². The number of carbonyl (C=O) groups is 1. The van der Waals surface area contributed by atoms with Gasteiger partial charge in [-0.3, -0.25) is 4.79 Å². The van der Waals surface area contributed by atoms with Gasteiger partial charge < -0.3 is 9.32 Å². The highest BCUT2D eigenvalue weighted by Gasteiger charge is 2.30. The Balaban J connectivity index is 2.14. The minimum Gasteiger partial charge on any atom is -0.465 e. The van der Waals surface area contributed by atoms with E-state index in [2.05, 4.69) is 0 Å². The summed E-state index contributed by atoms with van der Waals surface area (Å²) >= 11 is 0. The summed E-state index contributed by atoms with van der Waals surface area (Å²) in [5.41, 5.74) is 2.64. The summed E-state index contributed by atoms with van der Waals surface area (Å²) < 4.78 is 5.28. The molecule has 0 saturated heterocycles. The molecule has 2 heterocycles. The van der Waals surface area contributed by atoms with Crippen LogP contribution in [0, 0.1) is 0 Å². The molecule has 3 rings (SSSR count). The third-order valence-corrected chi connectivity index (χ3v) is 3.11. The van der Waals surface area contributed by atoms with Crippen LogP contribution in [0.2, 0.25) is 0 Å². The highest BCUT2D eigenvalue weighted by molar-refractivity contribution is 6.35. The van der Waals surface area contributed by atoms with E-state index >= 15 is 0 Å². The smallest absolute Gasteiger partial charge is 0.259 e. The first-order valence-electron chi connectivity index (χ1n) is 5.97. The fraction of sp³-hybridized carbons (Fsp3) is 0.133. The number of rotatable bonds is 2. The molecule has 0 radical (unpaired) electrons. The number of anilines is 1. The Labute approximate surface area is 105 Å². The number of hydrogen-bond donors (Lipinski definition) is 0. The average Bonchev–Trinajstić information content (AvgIpc) is 2.98. The van der Waals surface area contributed by atoms with Crippen LogP contribution in [0.25, 0.3) is 11.6 Å². The highest BCUT2D eigenvalue weighted by Crippen LogP contribution is 2.37. The second-order valence-corrected chi connectivity index (χ2v) is 4.14. The van der Waals surface area contributed by atoms with Crippen molar-refractivity contribution in [1.82, 2.24) is 0 Å². The lowest BCUT2D eigenvalue weighted by Gasteiger charge is -2.13. The van der Waals surface area contributed by atoms with E-state index in [0.29, 0.717) is 17.9 Å². The Kier molecular flexibility index (Phi) is 2.52. The molecule has 3 heteroatoms. The maximum Gasteiger partial charge on any atom is 0.259 e. The standard InChI is InChI=1S/C15H13NO2/c1-2-16-14-8-4-3-7-12(14)13(15(16)17)10-11-6-5-9-18-11/h3-10H,2H2,1H3/b13-10-. The number of para-hydroxylation sites is 1. The molecule has 3 nitrogen and oxygen atoms in total. The summed E-state index contributed by atoms with van der Waals surface area (Å²) in [6, 6.07) is 11.5. The van der Waals surface area contributed by atoms with Gasteiger partial charge >= 0.3 is 0 Å². The van der Waals surface area contributed by atoms with Crippen LogP contribution >= 0.6 is 0 Å². The number of benzene rings is 1. The van der Waals surface area contributed by atoms with Gasteiger partial charge in [0.05, 0.1) is 17.5 Å². The van der Waals surface area contributed by atoms with Gasteiger partial charge in [0.1, 0.15) is 5.76 Å². The van der Waals surface area contributed by atoms with Gasteiger partial charge in [-0.1, -0.05) is 18.2 Å². The number of nitrogens with zero attached hydrogens (tertiary/aromatic N) is 1. The van der Waals surface area contributed by atoms with Crippen LogP contribution in [0.3, 0.4) is 0 Å². The molecule has 90 valence electrons. The minimum atomic E-state index is 0.0371. The van der Waals surface area contributed by atoms with Crippen molar-refractivity contribution >= 4 is 23.2 Å². The van der Waals surface area contributed by atoms with E-state index in [9.17, 15) is 4.79 Å². The Morgan fingerprint density at radius 2 is 2.06 bits per heavy atom. The van der Waals surface area contributed by atoms with Crippen LogP contribution < -0.4 is 4.90 Å². The topological polar surface area (TPSA) is 33.5 Å². The van der Waals surface area contributed by atoms with E-state index < -0.39 is 0 Å². The number of likely N-dealkylation sites (N-methyl/N-ethyl adjacent to an activating group) is 1. The van der Waals surface area contributed by atoms with Crippen LogP contribution in [0.4, 0.5) is 5.69 Å². The molecular weight excluding hydrogens is 226 g/mol. The number of furan rings is 1. The molecule has 1 amide bonds. The number of amides is 1.